The minimum atomic E-state index is 0.424. The molecule has 4 aliphatic rings. The summed E-state index contributed by atoms with van der Waals surface area (Å²) in [7, 11) is 3.87. The summed E-state index contributed by atoms with van der Waals surface area (Å²) in [5.41, 5.74) is 2.91. The van der Waals surface area contributed by atoms with Crippen LogP contribution in [0.15, 0.2) is 59.6 Å². The Bertz CT molecular complexity index is 582. The molecule has 0 saturated carbocycles. The number of nitrogens with one attached hydrogen (secondary N) is 1. The van der Waals surface area contributed by atoms with Crippen molar-refractivity contribution in [1.29, 1.82) is 0 Å². The third-order valence-corrected chi connectivity index (χ3v) is 4.83. The van der Waals surface area contributed by atoms with Gasteiger partial charge < -0.3 is 15.0 Å². The van der Waals surface area contributed by atoms with Gasteiger partial charge in [0.1, 0.15) is 5.76 Å². The number of allylic oxidation sites excluding steroid dienone is 1. The summed E-state index contributed by atoms with van der Waals surface area (Å²) in [5, 5.41) is 3.79. The number of likely N-dealkylation sites (N-methyl/N-ethyl adjacent to an activating group) is 1. The van der Waals surface area contributed by atoms with Crippen LogP contribution in [0.1, 0.15) is 0 Å². The van der Waals surface area contributed by atoms with Gasteiger partial charge in [0.05, 0.1) is 7.11 Å². The average molecular weight is 268 g/mol. The summed E-state index contributed by atoms with van der Waals surface area (Å²) in [6.45, 7) is 1.01. The van der Waals surface area contributed by atoms with Crippen molar-refractivity contribution < 1.29 is 4.74 Å². The van der Waals surface area contributed by atoms with Crippen LogP contribution in [-0.2, 0) is 4.74 Å². The van der Waals surface area contributed by atoms with E-state index < -0.39 is 0 Å². The van der Waals surface area contributed by atoms with Gasteiger partial charge in [0.15, 0.2) is 0 Å². The highest BCUT2D eigenvalue weighted by atomic mass is 16.5. The zero-order valence-electron chi connectivity index (χ0n) is 11.9. The van der Waals surface area contributed by atoms with E-state index in [4.69, 9.17) is 4.74 Å². The zero-order chi connectivity index (χ0) is 13.7. The van der Waals surface area contributed by atoms with Gasteiger partial charge in [-0.3, -0.25) is 0 Å². The van der Waals surface area contributed by atoms with Crippen LogP contribution >= 0.6 is 0 Å². The summed E-state index contributed by atoms with van der Waals surface area (Å²) >= 11 is 0. The zero-order valence-corrected chi connectivity index (χ0v) is 11.9. The van der Waals surface area contributed by atoms with Gasteiger partial charge in [0, 0.05) is 37.5 Å². The smallest absolute Gasteiger partial charge is 0.114 e. The Labute approximate surface area is 120 Å². The first kappa shape index (κ1) is 12.0. The van der Waals surface area contributed by atoms with Gasteiger partial charge in [-0.2, -0.15) is 0 Å². The van der Waals surface area contributed by atoms with Crippen molar-refractivity contribution in [2.75, 3.05) is 20.7 Å². The third-order valence-electron chi connectivity index (χ3n) is 4.83. The highest BCUT2D eigenvalue weighted by Crippen LogP contribution is 2.41. The first-order chi connectivity index (χ1) is 9.76. The first-order valence-corrected chi connectivity index (χ1v) is 7.26. The van der Waals surface area contributed by atoms with Gasteiger partial charge in [0.25, 0.3) is 0 Å². The fraction of sp³-hybridized carbons (Fsp3) is 0.412. The van der Waals surface area contributed by atoms with Gasteiger partial charge in [-0.25, -0.2) is 0 Å². The lowest BCUT2D eigenvalue weighted by molar-refractivity contribution is 0.296. The van der Waals surface area contributed by atoms with E-state index in [1.807, 2.05) is 0 Å². The maximum absolute atomic E-state index is 5.39. The fourth-order valence-corrected chi connectivity index (χ4v) is 3.81. The van der Waals surface area contributed by atoms with Gasteiger partial charge in [-0.05, 0) is 35.6 Å². The monoisotopic (exact) mass is 268 g/mol. The second kappa shape index (κ2) is 4.38. The van der Waals surface area contributed by atoms with Crippen LogP contribution in [0.5, 0.6) is 0 Å². The molecule has 1 N–H and O–H groups in total. The molecule has 1 saturated heterocycles. The maximum atomic E-state index is 5.39. The second-order valence-electron chi connectivity index (χ2n) is 6.03. The lowest BCUT2D eigenvalue weighted by atomic mass is 9.78. The fourth-order valence-electron chi connectivity index (χ4n) is 3.81. The van der Waals surface area contributed by atoms with E-state index >= 15 is 0 Å². The molecule has 3 nitrogen and oxygen atoms in total. The van der Waals surface area contributed by atoms with Crippen LogP contribution in [0.4, 0.5) is 0 Å². The van der Waals surface area contributed by atoms with Gasteiger partial charge >= 0.3 is 0 Å². The number of fused-ring (bicyclic) bond motifs is 4. The van der Waals surface area contributed by atoms with E-state index in [2.05, 4.69) is 59.9 Å². The second-order valence-corrected chi connectivity index (χ2v) is 6.03. The predicted octanol–water partition coefficient (Wildman–Crippen LogP) is 1.98. The van der Waals surface area contributed by atoms with E-state index in [0.717, 1.165) is 12.3 Å². The molecule has 4 atom stereocenters. The molecule has 20 heavy (non-hydrogen) atoms. The number of hydrogen-bond acceptors (Lipinski definition) is 3. The third kappa shape index (κ3) is 1.70. The molecule has 0 bridgehead atoms. The van der Waals surface area contributed by atoms with Gasteiger partial charge in [-0.15, -0.1) is 0 Å². The molecular weight excluding hydrogens is 248 g/mol. The Hall–Kier alpha value is -1.74. The van der Waals surface area contributed by atoms with E-state index in [1.54, 1.807) is 7.11 Å². The Morgan fingerprint density at radius 2 is 2.10 bits per heavy atom. The molecule has 0 aromatic rings. The van der Waals surface area contributed by atoms with Crippen molar-refractivity contribution in [2.24, 2.45) is 11.8 Å². The summed E-state index contributed by atoms with van der Waals surface area (Å²) in [4.78, 5) is 2.23. The number of rotatable bonds is 1. The normalized spacial score (nSPS) is 37.5. The van der Waals surface area contributed by atoms with Gasteiger partial charge in [-0.1, -0.05) is 18.2 Å². The molecule has 0 aromatic carbocycles. The minimum Gasteiger partial charge on any atom is -0.497 e. The predicted molar refractivity (Wildman–Crippen MR) is 79.9 cm³/mol. The number of ether oxygens (including phenoxy) is 1. The molecule has 2 aliphatic heterocycles. The molecule has 104 valence electrons. The molecule has 2 heterocycles. The van der Waals surface area contributed by atoms with E-state index in [0.29, 0.717) is 23.9 Å². The standard InChI is InChI=1S/C17H20N2O/c1-19-8-7-13-11(10-19)3-5-14-15-9-12(20-2)4-6-16(15)18-17(13)14/h3-9,14-18H,10H2,1-2H3. The quantitative estimate of drug-likeness (QED) is 0.787. The lowest BCUT2D eigenvalue weighted by Gasteiger charge is -2.31. The average Bonchev–Trinajstić information content (AvgIpc) is 2.84. The lowest BCUT2D eigenvalue weighted by Crippen LogP contribution is -2.36. The van der Waals surface area contributed by atoms with Gasteiger partial charge in [0.2, 0.25) is 0 Å². The first-order valence-electron chi connectivity index (χ1n) is 7.26. The van der Waals surface area contributed by atoms with Crippen molar-refractivity contribution in [1.82, 2.24) is 10.2 Å². The van der Waals surface area contributed by atoms with Crippen LogP contribution in [0.2, 0.25) is 0 Å². The molecular formula is C17H20N2O. The molecule has 0 radical (unpaired) electrons. The molecule has 2 aliphatic carbocycles. The molecule has 3 heteroatoms. The molecule has 0 aromatic heterocycles. The Morgan fingerprint density at radius 1 is 1.20 bits per heavy atom. The SMILES string of the molecule is COC1=CC2C(C=C1)NC1C3=C(C=CC12)CN(C)C=C3. The van der Waals surface area contributed by atoms with Crippen LogP contribution in [0.25, 0.3) is 0 Å². The largest absolute Gasteiger partial charge is 0.497 e. The van der Waals surface area contributed by atoms with Crippen molar-refractivity contribution in [3.05, 3.63) is 59.6 Å². The highest BCUT2D eigenvalue weighted by Gasteiger charge is 2.43. The van der Waals surface area contributed by atoms with Crippen LogP contribution in [0.3, 0.4) is 0 Å². The Morgan fingerprint density at radius 3 is 2.95 bits per heavy atom. The Balaban J connectivity index is 1.68. The molecule has 4 unspecified atom stereocenters. The molecule has 0 spiro atoms. The van der Waals surface area contributed by atoms with E-state index in [-0.39, 0.29) is 0 Å². The number of hydrogen-bond donors (Lipinski definition) is 1. The molecule has 0 amide bonds. The van der Waals surface area contributed by atoms with Crippen molar-refractivity contribution in [2.45, 2.75) is 12.1 Å². The summed E-state index contributed by atoms with van der Waals surface area (Å²) < 4.78 is 5.39. The van der Waals surface area contributed by atoms with Crippen LogP contribution in [0, 0.1) is 11.8 Å². The maximum Gasteiger partial charge on any atom is 0.114 e. The minimum absolute atomic E-state index is 0.424. The van der Waals surface area contributed by atoms with E-state index in [1.165, 1.54) is 11.1 Å². The topological polar surface area (TPSA) is 24.5 Å². The van der Waals surface area contributed by atoms with Crippen LogP contribution < -0.4 is 5.32 Å². The molecule has 4 rings (SSSR count). The van der Waals surface area contributed by atoms with Crippen LogP contribution in [-0.4, -0.2) is 37.7 Å². The summed E-state index contributed by atoms with van der Waals surface area (Å²) in [6, 6.07) is 0.862. The Kier molecular flexibility index (Phi) is 2.64. The van der Waals surface area contributed by atoms with Crippen molar-refractivity contribution in [3.63, 3.8) is 0 Å². The molecule has 1 fully saturated rings. The summed E-state index contributed by atoms with van der Waals surface area (Å²) in [6.07, 6.45) is 15.8. The highest BCUT2D eigenvalue weighted by molar-refractivity contribution is 5.47. The van der Waals surface area contributed by atoms with E-state index in [9.17, 15) is 0 Å². The number of methoxy groups -OCH3 is 1. The van der Waals surface area contributed by atoms with Crippen molar-refractivity contribution >= 4 is 0 Å². The number of nitrogens with zero attached hydrogens (tertiary/aromatic N) is 1. The van der Waals surface area contributed by atoms with Crippen molar-refractivity contribution in [3.8, 4) is 0 Å². The summed E-state index contributed by atoms with van der Waals surface area (Å²) in [5.74, 6) is 2.01.